The van der Waals surface area contributed by atoms with Gasteiger partial charge in [-0.25, -0.2) is 4.98 Å². The fraction of sp³-hybridized carbons (Fsp3) is 0.273. The SMILES string of the molecule is O=C(CSc1n[nH]c([C@H]2CCCO2)n1)Nc1cccc(C(=O)Nc2cccc(C(F)(F)F)c2)c1. The molecule has 178 valence electrons. The summed E-state index contributed by atoms with van der Waals surface area (Å²) in [6, 6.07) is 10.5. The van der Waals surface area contributed by atoms with E-state index in [1.165, 1.54) is 24.3 Å². The summed E-state index contributed by atoms with van der Waals surface area (Å²) in [5.41, 5.74) is -0.298. The van der Waals surface area contributed by atoms with Gasteiger partial charge in [-0.1, -0.05) is 23.9 Å². The summed E-state index contributed by atoms with van der Waals surface area (Å²) in [6.07, 6.45) is -2.77. The maximum Gasteiger partial charge on any atom is 0.416 e. The number of aromatic nitrogens is 3. The molecule has 8 nitrogen and oxygen atoms in total. The molecular weight excluding hydrogens is 471 g/mol. The molecule has 1 aliphatic heterocycles. The van der Waals surface area contributed by atoms with Gasteiger partial charge < -0.3 is 15.4 Å². The highest BCUT2D eigenvalue weighted by Gasteiger charge is 2.30. The first-order valence-electron chi connectivity index (χ1n) is 10.3. The molecule has 12 heteroatoms. The third kappa shape index (κ3) is 6.14. The average Bonchev–Trinajstić information content (AvgIpc) is 3.49. The van der Waals surface area contributed by atoms with Crippen molar-refractivity contribution in [3.63, 3.8) is 0 Å². The molecule has 1 saturated heterocycles. The third-order valence-corrected chi connectivity index (χ3v) is 5.75. The summed E-state index contributed by atoms with van der Waals surface area (Å²) in [4.78, 5) is 29.2. The van der Waals surface area contributed by atoms with Crippen LogP contribution in [0.1, 0.15) is 40.7 Å². The second-order valence-corrected chi connectivity index (χ2v) is 8.40. The Morgan fingerprint density at radius 2 is 1.88 bits per heavy atom. The lowest BCUT2D eigenvalue weighted by Gasteiger charge is -2.11. The molecule has 34 heavy (non-hydrogen) atoms. The van der Waals surface area contributed by atoms with Crippen LogP contribution in [0.15, 0.2) is 53.7 Å². The number of carbonyl (C=O) groups excluding carboxylic acids is 2. The molecule has 2 amide bonds. The number of aromatic amines is 1. The van der Waals surface area contributed by atoms with E-state index >= 15 is 0 Å². The van der Waals surface area contributed by atoms with Crippen LogP contribution >= 0.6 is 11.8 Å². The first kappa shape index (κ1) is 23.8. The fourth-order valence-corrected chi connectivity index (χ4v) is 3.91. The van der Waals surface area contributed by atoms with Gasteiger partial charge in [0.15, 0.2) is 5.82 Å². The number of anilines is 2. The Kier molecular flexibility index (Phi) is 7.17. The predicted molar refractivity (Wildman–Crippen MR) is 120 cm³/mol. The van der Waals surface area contributed by atoms with E-state index in [1.54, 1.807) is 12.1 Å². The van der Waals surface area contributed by atoms with Crippen LogP contribution < -0.4 is 10.6 Å². The Labute approximate surface area is 196 Å². The first-order valence-corrected chi connectivity index (χ1v) is 11.3. The van der Waals surface area contributed by atoms with E-state index in [9.17, 15) is 22.8 Å². The van der Waals surface area contributed by atoms with Crippen LogP contribution in [-0.2, 0) is 15.7 Å². The maximum atomic E-state index is 12.9. The van der Waals surface area contributed by atoms with Gasteiger partial charge in [0.1, 0.15) is 6.10 Å². The average molecular weight is 491 g/mol. The summed E-state index contributed by atoms with van der Waals surface area (Å²) in [7, 11) is 0. The molecule has 1 atom stereocenters. The lowest BCUT2D eigenvalue weighted by atomic mass is 10.1. The van der Waals surface area contributed by atoms with Gasteiger partial charge in [0.05, 0.1) is 11.3 Å². The Morgan fingerprint density at radius 3 is 2.62 bits per heavy atom. The van der Waals surface area contributed by atoms with Crippen LogP contribution in [0.3, 0.4) is 0 Å². The predicted octanol–water partition coefficient (Wildman–Crippen LogP) is 4.66. The number of nitrogens with one attached hydrogen (secondary N) is 3. The van der Waals surface area contributed by atoms with Crippen molar-refractivity contribution in [2.45, 2.75) is 30.3 Å². The zero-order valence-corrected chi connectivity index (χ0v) is 18.5. The van der Waals surface area contributed by atoms with Crippen LogP contribution in [-0.4, -0.2) is 39.4 Å². The van der Waals surface area contributed by atoms with Gasteiger partial charge in [-0.15, -0.1) is 5.10 Å². The van der Waals surface area contributed by atoms with Gasteiger partial charge in [0.25, 0.3) is 5.91 Å². The highest BCUT2D eigenvalue weighted by Crippen LogP contribution is 2.31. The number of thioether (sulfide) groups is 1. The highest BCUT2D eigenvalue weighted by molar-refractivity contribution is 7.99. The first-order chi connectivity index (χ1) is 16.3. The van der Waals surface area contributed by atoms with Crippen molar-refractivity contribution in [2.75, 3.05) is 23.0 Å². The second kappa shape index (κ2) is 10.3. The Morgan fingerprint density at radius 1 is 1.12 bits per heavy atom. The van der Waals surface area contributed by atoms with E-state index < -0.39 is 17.6 Å². The smallest absolute Gasteiger partial charge is 0.370 e. The molecule has 1 fully saturated rings. The topological polar surface area (TPSA) is 109 Å². The summed E-state index contributed by atoms with van der Waals surface area (Å²) in [6.45, 7) is 0.688. The van der Waals surface area contributed by atoms with Crippen LogP contribution in [0, 0.1) is 0 Å². The number of H-pyrrole nitrogens is 1. The van der Waals surface area contributed by atoms with Crippen molar-refractivity contribution in [3.8, 4) is 0 Å². The molecule has 3 aromatic rings. The number of ether oxygens (including phenoxy) is 1. The highest BCUT2D eigenvalue weighted by atomic mass is 32.2. The van der Waals surface area contributed by atoms with E-state index in [1.807, 2.05) is 0 Å². The minimum Gasteiger partial charge on any atom is -0.370 e. The zero-order valence-electron chi connectivity index (χ0n) is 17.7. The van der Waals surface area contributed by atoms with E-state index in [-0.39, 0.29) is 29.0 Å². The standard InChI is InChI=1S/C22H20F3N5O3S/c23-22(24,25)14-5-2-7-16(11-14)27-20(32)13-4-1-6-15(10-13)26-18(31)12-34-21-28-19(29-30-21)17-8-3-9-33-17/h1-2,4-7,10-11,17H,3,8-9,12H2,(H,26,31)(H,27,32)(H,28,29,30)/t17-/m1/s1. The molecular formula is C22H20F3N5O3S. The molecule has 1 aromatic heterocycles. The number of rotatable bonds is 7. The summed E-state index contributed by atoms with van der Waals surface area (Å²) in [5.74, 6) is -0.250. The van der Waals surface area contributed by atoms with Gasteiger partial charge in [-0.2, -0.15) is 13.2 Å². The van der Waals surface area contributed by atoms with E-state index in [0.717, 1.165) is 36.7 Å². The van der Waals surface area contributed by atoms with Crippen molar-refractivity contribution < 1.29 is 27.5 Å². The summed E-state index contributed by atoms with van der Waals surface area (Å²) < 4.78 is 44.2. The number of benzene rings is 2. The fourth-order valence-electron chi connectivity index (χ4n) is 3.30. The second-order valence-electron chi connectivity index (χ2n) is 7.46. The van der Waals surface area contributed by atoms with Gasteiger partial charge in [-0.3, -0.25) is 14.7 Å². The van der Waals surface area contributed by atoms with E-state index in [0.29, 0.717) is 23.3 Å². The van der Waals surface area contributed by atoms with Crippen LogP contribution in [0.2, 0.25) is 0 Å². The molecule has 4 rings (SSSR count). The molecule has 0 saturated carbocycles. The number of alkyl halides is 3. The molecule has 3 N–H and O–H groups in total. The molecule has 0 unspecified atom stereocenters. The van der Waals surface area contributed by atoms with E-state index in [2.05, 4.69) is 25.8 Å². The van der Waals surface area contributed by atoms with Crippen molar-refractivity contribution >= 4 is 35.0 Å². The van der Waals surface area contributed by atoms with Crippen LogP contribution in [0.25, 0.3) is 0 Å². The number of nitrogens with zero attached hydrogens (tertiary/aromatic N) is 2. The van der Waals surface area contributed by atoms with Crippen LogP contribution in [0.4, 0.5) is 24.5 Å². The Bertz CT molecular complexity index is 1180. The lowest BCUT2D eigenvalue weighted by molar-refractivity contribution is -0.137. The molecule has 0 bridgehead atoms. The molecule has 0 spiro atoms. The molecule has 2 heterocycles. The van der Waals surface area contributed by atoms with Gasteiger partial charge in [0, 0.05) is 23.5 Å². The quantitative estimate of drug-likeness (QED) is 0.415. The van der Waals surface area contributed by atoms with Crippen molar-refractivity contribution in [2.24, 2.45) is 0 Å². The zero-order chi connectivity index (χ0) is 24.1. The minimum absolute atomic E-state index is 0.0135. The van der Waals surface area contributed by atoms with Crippen LogP contribution in [0.5, 0.6) is 0 Å². The minimum atomic E-state index is -4.51. The lowest BCUT2D eigenvalue weighted by Crippen LogP contribution is -2.16. The van der Waals surface area contributed by atoms with Gasteiger partial charge >= 0.3 is 6.18 Å². The van der Waals surface area contributed by atoms with Crippen molar-refractivity contribution in [3.05, 3.63) is 65.5 Å². The summed E-state index contributed by atoms with van der Waals surface area (Å²) >= 11 is 1.15. The Balaban J connectivity index is 1.32. The van der Waals surface area contributed by atoms with Gasteiger partial charge in [0.2, 0.25) is 11.1 Å². The molecule has 0 aliphatic carbocycles. The Hall–Kier alpha value is -3.38. The number of hydrogen-bond acceptors (Lipinski definition) is 6. The summed E-state index contributed by atoms with van der Waals surface area (Å²) in [5, 5.41) is 12.5. The normalized spacial score (nSPS) is 15.8. The number of carbonyl (C=O) groups is 2. The molecule has 1 aliphatic rings. The van der Waals surface area contributed by atoms with Crippen molar-refractivity contribution in [1.29, 1.82) is 0 Å². The number of hydrogen-bond donors (Lipinski definition) is 3. The largest absolute Gasteiger partial charge is 0.416 e. The maximum absolute atomic E-state index is 12.9. The van der Waals surface area contributed by atoms with Crippen molar-refractivity contribution in [1.82, 2.24) is 15.2 Å². The third-order valence-electron chi connectivity index (χ3n) is 4.91. The number of amides is 2. The molecule has 2 aromatic carbocycles. The molecule has 0 radical (unpaired) electrons. The monoisotopic (exact) mass is 491 g/mol. The van der Waals surface area contributed by atoms with Gasteiger partial charge in [-0.05, 0) is 49.2 Å². The van der Waals surface area contributed by atoms with E-state index in [4.69, 9.17) is 4.74 Å². The number of halogens is 3.